The van der Waals surface area contributed by atoms with Crippen molar-refractivity contribution >= 4 is 17.8 Å². The minimum absolute atomic E-state index is 0.226. The largest absolute Gasteiger partial charge is 0.462 e. The second kappa shape index (κ2) is 8.27. The number of allylic oxidation sites excluding steroid dienone is 1. The molecule has 0 saturated carbocycles. The molecule has 0 saturated heterocycles. The Labute approximate surface area is 137 Å². The molecule has 0 radical (unpaired) electrons. The van der Waals surface area contributed by atoms with Crippen LogP contribution in [0.4, 0.5) is 4.79 Å². The van der Waals surface area contributed by atoms with E-state index in [2.05, 4.69) is 4.99 Å². The molecule has 1 aromatic rings. The van der Waals surface area contributed by atoms with E-state index in [1.54, 1.807) is 65.0 Å². The third kappa shape index (κ3) is 6.06. The molecule has 0 heterocycles. The van der Waals surface area contributed by atoms with Gasteiger partial charge in [0.25, 0.3) is 0 Å². The molecule has 5 heteroatoms. The predicted octanol–water partition coefficient (Wildman–Crippen LogP) is 3.92. The molecule has 0 aliphatic carbocycles. The average Bonchev–Trinajstić information content (AvgIpc) is 2.46. The molecule has 1 amide bonds. The van der Waals surface area contributed by atoms with Gasteiger partial charge in [0.05, 0.1) is 17.9 Å². The number of esters is 1. The van der Waals surface area contributed by atoms with Gasteiger partial charge in [0.2, 0.25) is 0 Å². The number of hydrogen-bond acceptors (Lipinski definition) is 4. The maximum absolute atomic E-state index is 12.1. The molecule has 1 aromatic carbocycles. The first-order chi connectivity index (χ1) is 10.8. The van der Waals surface area contributed by atoms with Crippen LogP contribution >= 0.6 is 0 Å². The number of ether oxygens (including phenoxy) is 2. The molecule has 124 valence electrons. The second-order valence-electron chi connectivity index (χ2n) is 5.73. The van der Waals surface area contributed by atoms with Crippen molar-refractivity contribution in [2.24, 2.45) is 4.99 Å². The summed E-state index contributed by atoms with van der Waals surface area (Å²) in [6.07, 6.45) is 0.828. The first-order valence-electron chi connectivity index (χ1n) is 7.49. The zero-order chi connectivity index (χ0) is 17.5. The maximum atomic E-state index is 12.1. The summed E-state index contributed by atoms with van der Waals surface area (Å²) < 4.78 is 10.3. The lowest BCUT2D eigenvalue weighted by Gasteiger charge is -2.18. The summed E-state index contributed by atoms with van der Waals surface area (Å²) in [6.45, 7) is 8.92. The fraction of sp³-hybridized carbons (Fsp3) is 0.389. The highest BCUT2D eigenvalue weighted by Crippen LogP contribution is 2.15. The fourth-order valence-corrected chi connectivity index (χ4v) is 1.81. The highest BCUT2D eigenvalue weighted by molar-refractivity contribution is 6.28. The van der Waals surface area contributed by atoms with Crippen LogP contribution in [0.5, 0.6) is 0 Å². The van der Waals surface area contributed by atoms with Gasteiger partial charge in [0.15, 0.2) is 0 Å². The fourth-order valence-electron chi connectivity index (χ4n) is 1.81. The van der Waals surface area contributed by atoms with Gasteiger partial charge in [-0.05, 0) is 34.6 Å². The zero-order valence-electron chi connectivity index (χ0n) is 14.3. The summed E-state index contributed by atoms with van der Waals surface area (Å²) >= 11 is 0. The molecule has 0 unspecified atom stereocenters. The summed E-state index contributed by atoms with van der Waals surface area (Å²) in [6, 6.07) is 8.99. The number of carbonyl (C=O) groups excluding carboxylic acids is 2. The van der Waals surface area contributed by atoms with E-state index in [-0.39, 0.29) is 17.9 Å². The minimum Gasteiger partial charge on any atom is -0.462 e. The van der Waals surface area contributed by atoms with Crippen LogP contribution < -0.4 is 0 Å². The van der Waals surface area contributed by atoms with Crippen LogP contribution in [-0.4, -0.2) is 30.0 Å². The minimum atomic E-state index is -0.750. The summed E-state index contributed by atoms with van der Waals surface area (Å²) in [7, 11) is 0. The first kappa shape index (κ1) is 18.6. The van der Waals surface area contributed by atoms with Gasteiger partial charge in [-0.2, -0.15) is 4.99 Å². The average molecular weight is 317 g/mol. The molecule has 0 atom stereocenters. The Hall–Kier alpha value is -2.43. The first-order valence-corrected chi connectivity index (χ1v) is 7.49. The Morgan fingerprint density at radius 2 is 1.78 bits per heavy atom. The van der Waals surface area contributed by atoms with Crippen LogP contribution in [0.3, 0.4) is 0 Å². The molecule has 0 spiro atoms. The number of nitrogens with zero attached hydrogens (tertiary/aromatic N) is 1. The summed E-state index contributed by atoms with van der Waals surface area (Å²) in [5, 5.41) is 0. The van der Waals surface area contributed by atoms with E-state index in [4.69, 9.17) is 9.47 Å². The van der Waals surface area contributed by atoms with E-state index in [1.165, 1.54) is 0 Å². The van der Waals surface area contributed by atoms with E-state index < -0.39 is 17.7 Å². The molecule has 5 nitrogen and oxygen atoms in total. The molecule has 0 aliphatic rings. The molecule has 0 bridgehead atoms. The maximum Gasteiger partial charge on any atom is 0.434 e. The molecular formula is C18H23NO4. The van der Waals surface area contributed by atoms with Crippen LogP contribution in [0.2, 0.25) is 0 Å². The van der Waals surface area contributed by atoms with E-state index in [9.17, 15) is 9.59 Å². The van der Waals surface area contributed by atoms with E-state index >= 15 is 0 Å². The van der Waals surface area contributed by atoms with Gasteiger partial charge in [-0.3, -0.25) is 0 Å². The number of carbonyl (C=O) groups is 2. The molecular weight excluding hydrogens is 294 g/mol. The van der Waals surface area contributed by atoms with Crippen molar-refractivity contribution in [2.45, 2.75) is 40.2 Å². The van der Waals surface area contributed by atoms with Gasteiger partial charge < -0.3 is 9.47 Å². The predicted molar refractivity (Wildman–Crippen MR) is 89.6 cm³/mol. The van der Waals surface area contributed by atoms with Crippen LogP contribution in [-0.2, 0) is 14.3 Å². The lowest BCUT2D eigenvalue weighted by Crippen LogP contribution is -2.24. The monoisotopic (exact) mass is 317 g/mol. The smallest absolute Gasteiger partial charge is 0.434 e. The van der Waals surface area contributed by atoms with Crippen molar-refractivity contribution in [3.8, 4) is 0 Å². The quantitative estimate of drug-likeness (QED) is 0.479. The van der Waals surface area contributed by atoms with E-state index in [1.807, 2.05) is 6.07 Å². The Kier molecular flexibility index (Phi) is 6.69. The standard InChI is InChI=1S/C18H23NO4/c1-6-14(16(20)22-7-2)15(13-11-9-8-10-12-13)19-17(21)23-18(3,4)5/h6,8-12H,7H2,1-5H3/b14-6+,19-15+. The van der Waals surface area contributed by atoms with Gasteiger partial charge in [-0.15, -0.1) is 0 Å². The van der Waals surface area contributed by atoms with Crippen LogP contribution in [0.15, 0.2) is 47.0 Å². The Morgan fingerprint density at radius 3 is 2.26 bits per heavy atom. The van der Waals surface area contributed by atoms with E-state index in [0.29, 0.717) is 5.56 Å². The summed E-state index contributed by atoms with van der Waals surface area (Å²) in [5.41, 5.74) is 0.437. The summed E-state index contributed by atoms with van der Waals surface area (Å²) in [4.78, 5) is 28.2. The lowest BCUT2D eigenvalue weighted by molar-refractivity contribution is -0.137. The molecule has 1 rings (SSSR count). The van der Waals surface area contributed by atoms with E-state index in [0.717, 1.165) is 0 Å². The topological polar surface area (TPSA) is 65.0 Å². The zero-order valence-corrected chi connectivity index (χ0v) is 14.3. The third-order valence-corrected chi connectivity index (χ3v) is 2.68. The van der Waals surface area contributed by atoms with Crippen molar-refractivity contribution in [3.63, 3.8) is 0 Å². The van der Waals surface area contributed by atoms with Gasteiger partial charge in [0, 0.05) is 5.56 Å². The molecule has 0 aliphatic heterocycles. The molecule has 0 aromatic heterocycles. The van der Waals surface area contributed by atoms with Gasteiger partial charge in [-0.1, -0.05) is 36.4 Å². The van der Waals surface area contributed by atoms with Crippen LogP contribution in [0.1, 0.15) is 40.2 Å². The van der Waals surface area contributed by atoms with Gasteiger partial charge >= 0.3 is 12.1 Å². The Bertz CT molecular complexity index is 610. The summed E-state index contributed by atoms with van der Waals surface area (Å²) in [5.74, 6) is -0.527. The van der Waals surface area contributed by atoms with Crippen molar-refractivity contribution in [2.75, 3.05) is 6.61 Å². The molecule has 0 fully saturated rings. The SMILES string of the molecule is C/C=C(C(=O)OCC)\C(=N\C(=O)OC(C)(C)C)c1ccccc1. The van der Waals surface area contributed by atoms with Gasteiger partial charge in [-0.25, -0.2) is 9.59 Å². The number of rotatable bonds is 4. The lowest BCUT2D eigenvalue weighted by atomic mass is 10.0. The number of hydrogen-bond donors (Lipinski definition) is 0. The number of benzene rings is 1. The van der Waals surface area contributed by atoms with Crippen LogP contribution in [0, 0.1) is 0 Å². The number of aliphatic imine (C=N–C) groups is 1. The van der Waals surface area contributed by atoms with Crippen molar-refractivity contribution in [1.29, 1.82) is 0 Å². The van der Waals surface area contributed by atoms with Gasteiger partial charge in [0.1, 0.15) is 5.60 Å². The highest BCUT2D eigenvalue weighted by Gasteiger charge is 2.22. The normalized spacial score (nSPS) is 12.7. The Morgan fingerprint density at radius 1 is 1.17 bits per heavy atom. The highest BCUT2D eigenvalue weighted by atomic mass is 16.6. The van der Waals surface area contributed by atoms with Crippen LogP contribution in [0.25, 0.3) is 0 Å². The second-order valence-corrected chi connectivity index (χ2v) is 5.73. The van der Waals surface area contributed by atoms with Crippen molar-refractivity contribution < 1.29 is 19.1 Å². The Balaban J connectivity index is 3.28. The molecule has 0 N–H and O–H groups in total. The van der Waals surface area contributed by atoms with Crippen molar-refractivity contribution in [1.82, 2.24) is 0 Å². The third-order valence-electron chi connectivity index (χ3n) is 2.68. The number of amides is 1. The molecule has 23 heavy (non-hydrogen) atoms. The van der Waals surface area contributed by atoms with Crippen molar-refractivity contribution in [3.05, 3.63) is 47.5 Å².